The number of carbonyl (C=O) groups is 2. The molecule has 0 aliphatic heterocycles. The highest BCUT2D eigenvalue weighted by atomic mass is 32.1. The summed E-state index contributed by atoms with van der Waals surface area (Å²) in [6.45, 7) is 6.85. The molecule has 1 heterocycles. The van der Waals surface area contributed by atoms with Crippen LogP contribution >= 0.6 is 11.3 Å². The van der Waals surface area contributed by atoms with Crippen molar-refractivity contribution in [3.8, 4) is 0 Å². The van der Waals surface area contributed by atoms with E-state index in [1.165, 1.54) is 18.3 Å². The molecule has 0 saturated carbocycles. The van der Waals surface area contributed by atoms with Gasteiger partial charge in [0.1, 0.15) is 0 Å². The van der Waals surface area contributed by atoms with Gasteiger partial charge in [0.25, 0.3) is 0 Å². The average Bonchev–Trinajstić information content (AvgIpc) is 2.64. The van der Waals surface area contributed by atoms with Crippen molar-refractivity contribution in [2.45, 2.75) is 45.8 Å². The highest BCUT2D eigenvalue weighted by molar-refractivity contribution is 7.11. The van der Waals surface area contributed by atoms with Gasteiger partial charge in [0.05, 0.1) is 28.8 Å². The van der Waals surface area contributed by atoms with Gasteiger partial charge in [-0.05, 0) is 27.7 Å². The third-order valence-electron chi connectivity index (χ3n) is 2.84. The van der Waals surface area contributed by atoms with Crippen molar-refractivity contribution in [2.75, 3.05) is 6.54 Å². The molecule has 8 heteroatoms. The number of aliphatic hydroxyl groups is 1. The number of amides is 2. The Hall–Kier alpha value is -1.67. The lowest BCUT2D eigenvalue weighted by molar-refractivity contribution is -0.141. The number of nitrogens with zero attached hydrogens (tertiary/aromatic N) is 1. The van der Waals surface area contributed by atoms with Crippen LogP contribution in [-0.2, 0) is 4.79 Å². The summed E-state index contributed by atoms with van der Waals surface area (Å²) in [6, 6.07) is -0.667. The Morgan fingerprint density at radius 2 is 2.05 bits per heavy atom. The van der Waals surface area contributed by atoms with Crippen molar-refractivity contribution in [3.63, 3.8) is 0 Å². The number of hydrogen-bond acceptors (Lipinski definition) is 5. The zero-order chi connectivity index (χ0) is 16.2. The zero-order valence-electron chi connectivity index (χ0n) is 12.6. The van der Waals surface area contributed by atoms with Gasteiger partial charge in [0, 0.05) is 11.4 Å². The fourth-order valence-corrected chi connectivity index (χ4v) is 2.85. The van der Waals surface area contributed by atoms with Gasteiger partial charge >= 0.3 is 12.0 Å². The van der Waals surface area contributed by atoms with Crippen LogP contribution in [0.2, 0.25) is 0 Å². The normalized spacial score (nSPS) is 15.1. The summed E-state index contributed by atoms with van der Waals surface area (Å²) < 4.78 is 0. The van der Waals surface area contributed by atoms with E-state index in [-0.39, 0.29) is 12.6 Å². The van der Waals surface area contributed by atoms with Crippen LogP contribution in [-0.4, -0.2) is 39.3 Å². The summed E-state index contributed by atoms with van der Waals surface area (Å²) >= 11 is 1.52. The Morgan fingerprint density at radius 1 is 1.43 bits per heavy atom. The summed E-state index contributed by atoms with van der Waals surface area (Å²) in [4.78, 5) is 27.6. The van der Waals surface area contributed by atoms with E-state index < -0.39 is 24.0 Å². The minimum Gasteiger partial charge on any atom is -0.481 e. The van der Waals surface area contributed by atoms with Crippen LogP contribution in [0.4, 0.5) is 4.79 Å². The molecule has 4 N–H and O–H groups in total. The molecule has 0 aliphatic rings. The third-order valence-corrected chi connectivity index (χ3v) is 4.10. The molecule has 118 valence electrons. The lowest BCUT2D eigenvalue weighted by Crippen LogP contribution is -2.46. The molecular formula is C13H21N3O4S. The Bertz CT molecular complexity index is 527. The van der Waals surface area contributed by atoms with E-state index in [4.69, 9.17) is 5.11 Å². The largest absolute Gasteiger partial charge is 0.481 e. The second kappa shape index (κ2) is 6.86. The summed E-state index contributed by atoms with van der Waals surface area (Å²) in [5.74, 6) is -1.12. The van der Waals surface area contributed by atoms with E-state index in [9.17, 15) is 14.7 Å². The van der Waals surface area contributed by atoms with Crippen LogP contribution in [0.15, 0.2) is 0 Å². The molecule has 1 rings (SSSR count). The fraction of sp³-hybridized carbons (Fsp3) is 0.615. The molecule has 0 bridgehead atoms. The first kappa shape index (κ1) is 17.4. The summed E-state index contributed by atoms with van der Waals surface area (Å²) in [5, 5.41) is 24.6. The topological polar surface area (TPSA) is 112 Å². The molecule has 0 spiro atoms. The van der Waals surface area contributed by atoms with Gasteiger partial charge in [0.15, 0.2) is 0 Å². The highest BCUT2D eigenvalue weighted by Gasteiger charge is 2.25. The molecule has 0 radical (unpaired) electrons. The molecule has 2 unspecified atom stereocenters. The first-order valence-electron chi connectivity index (χ1n) is 6.53. The number of aromatic nitrogens is 1. The number of carboxylic acids is 1. The molecule has 7 nitrogen and oxygen atoms in total. The summed E-state index contributed by atoms with van der Waals surface area (Å²) in [7, 11) is 0. The van der Waals surface area contributed by atoms with Gasteiger partial charge in [-0.25, -0.2) is 9.78 Å². The quantitative estimate of drug-likeness (QED) is 0.633. The molecule has 0 aromatic carbocycles. The Balaban J connectivity index is 2.50. The maximum atomic E-state index is 11.8. The van der Waals surface area contributed by atoms with Crippen molar-refractivity contribution in [1.29, 1.82) is 0 Å². The molecule has 21 heavy (non-hydrogen) atoms. The summed E-state index contributed by atoms with van der Waals surface area (Å²) in [5.41, 5.74) is -0.605. The van der Waals surface area contributed by atoms with E-state index in [0.717, 1.165) is 15.6 Å². The SMILES string of the molecule is Cc1nc(C)c(C(C)NC(=O)NCC(C)(O)CC(=O)O)s1. The maximum Gasteiger partial charge on any atom is 0.315 e. The van der Waals surface area contributed by atoms with E-state index in [1.54, 1.807) is 0 Å². The van der Waals surface area contributed by atoms with Gasteiger partial charge in [-0.3, -0.25) is 4.79 Å². The maximum absolute atomic E-state index is 11.8. The van der Waals surface area contributed by atoms with E-state index >= 15 is 0 Å². The van der Waals surface area contributed by atoms with Crippen molar-refractivity contribution in [3.05, 3.63) is 15.6 Å². The number of urea groups is 1. The first-order chi connectivity index (χ1) is 9.60. The molecule has 1 aromatic heterocycles. The number of carboxylic acid groups (broad SMARTS) is 1. The van der Waals surface area contributed by atoms with Gasteiger partial charge in [-0.2, -0.15) is 0 Å². The first-order valence-corrected chi connectivity index (χ1v) is 7.35. The molecule has 2 atom stereocenters. The highest BCUT2D eigenvalue weighted by Crippen LogP contribution is 2.24. The van der Waals surface area contributed by atoms with Gasteiger partial charge in [0.2, 0.25) is 0 Å². The van der Waals surface area contributed by atoms with Gasteiger partial charge in [-0.15, -0.1) is 11.3 Å². The van der Waals surface area contributed by atoms with Crippen LogP contribution in [0.1, 0.15) is 41.9 Å². The number of nitrogens with one attached hydrogen (secondary N) is 2. The van der Waals surface area contributed by atoms with E-state index in [2.05, 4.69) is 15.6 Å². The monoisotopic (exact) mass is 315 g/mol. The number of thiazole rings is 1. The zero-order valence-corrected chi connectivity index (χ0v) is 13.4. The predicted octanol–water partition coefficient (Wildman–Crippen LogP) is 1.35. The van der Waals surface area contributed by atoms with Crippen molar-refractivity contribution < 1.29 is 19.8 Å². The number of aliphatic carboxylic acids is 1. The van der Waals surface area contributed by atoms with Crippen molar-refractivity contribution in [1.82, 2.24) is 15.6 Å². The van der Waals surface area contributed by atoms with Gasteiger partial charge in [-0.1, -0.05) is 0 Å². The number of carbonyl (C=O) groups excluding carboxylic acids is 1. The van der Waals surface area contributed by atoms with Crippen LogP contribution in [0.3, 0.4) is 0 Å². The standard InChI is InChI=1S/C13H21N3O4S/c1-7-11(21-9(3)15-7)8(2)16-12(19)14-6-13(4,20)5-10(17)18/h8,20H,5-6H2,1-4H3,(H,17,18)(H2,14,16,19). The molecule has 0 saturated heterocycles. The second-order valence-electron chi connectivity index (χ2n) is 5.30. The Labute approximate surface area is 127 Å². The van der Waals surface area contributed by atoms with Gasteiger partial charge < -0.3 is 20.8 Å². The van der Waals surface area contributed by atoms with Crippen LogP contribution in [0.25, 0.3) is 0 Å². The molecule has 0 fully saturated rings. The average molecular weight is 315 g/mol. The smallest absolute Gasteiger partial charge is 0.315 e. The van der Waals surface area contributed by atoms with Crippen molar-refractivity contribution >= 4 is 23.3 Å². The molecule has 0 aliphatic carbocycles. The third kappa shape index (κ3) is 5.68. The van der Waals surface area contributed by atoms with E-state index in [1.807, 2.05) is 20.8 Å². The predicted molar refractivity (Wildman–Crippen MR) is 79.4 cm³/mol. The Morgan fingerprint density at radius 3 is 2.52 bits per heavy atom. The van der Waals surface area contributed by atoms with Crippen LogP contribution in [0.5, 0.6) is 0 Å². The minimum atomic E-state index is -1.48. The number of hydrogen-bond donors (Lipinski definition) is 4. The number of rotatable bonds is 6. The van der Waals surface area contributed by atoms with E-state index in [0.29, 0.717) is 0 Å². The molecule has 1 aromatic rings. The second-order valence-corrected chi connectivity index (χ2v) is 6.53. The van der Waals surface area contributed by atoms with Crippen LogP contribution < -0.4 is 10.6 Å². The Kier molecular flexibility index (Phi) is 5.68. The lowest BCUT2D eigenvalue weighted by Gasteiger charge is -2.22. The lowest BCUT2D eigenvalue weighted by atomic mass is 10.0. The summed E-state index contributed by atoms with van der Waals surface area (Å²) in [6.07, 6.45) is -0.435. The molecular weight excluding hydrogens is 294 g/mol. The molecule has 2 amide bonds. The fourth-order valence-electron chi connectivity index (χ4n) is 1.92. The van der Waals surface area contributed by atoms with Crippen molar-refractivity contribution in [2.24, 2.45) is 0 Å². The number of aryl methyl sites for hydroxylation is 2. The van der Waals surface area contributed by atoms with Crippen LogP contribution in [0, 0.1) is 13.8 Å². The minimum absolute atomic E-state index is 0.140.